The molecule has 0 saturated heterocycles. The van der Waals surface area contributed by atoms with E-state index in [9.17, 15) is 18.0 Å². The van der Waals surface area contributed by atoms with Crippen LogP contribution in [-0.2, 0) is 11.2 Å². The minimum absolute atomic E-state index is 0.0830. The predicted molar refractivity (Wildman–Crippen MR) is 139 cm³/mol. The number of benzene rings is 3. The summed E-state index contributed by atoms with van der Waals surface area (Å²) in [5.74, 6) is -2.85. The van der Waals surface area contributed by atoms with Crippen LogP contribution in [0.15, 0.2) is 54.3 Å². The van der Waals surface area contributed by atoms with Crippen LogP contribution in [0.2, 0.25) is 0 Å². The zero-order valence-corrected chi connectivity index (χ0v) is 21.3. The van der Waals surface area contributed by atoms with Gasteiger partial charge in [-0.1, -0.05) is 38.0 Å². The lowest BCUT2D eigenvalue weighted by Crippen LogP contribution is -2.13. The van der Waals surface area contributed by atoms with E-state index < -0.39 is 34.8 Å². The molecule has 198 valence electrons. The van der Waals surface area contributed by atoms with Gasteiger partial charge >= 0.3 is 5.97 Å². The molecule has 0 heterocycles. The Kier molecular flexibility index (Phi) is 7.68. The molecule has 5 rings (SSSR count). The maximum atomic E-state index is 15.2. The Morgan fingerprint density at radius 1 is 0.868 bits per heavy atom. The first-order valence-corrected chi connectivity index (χ1v) is 13.3. The van der Waals surface area contributed by atoms with Gasteiger partial charge in [0.05, 0.1) is 11.1 Å². The molecule has 0 aromatic heterocycles. The second-order valence-electron chi connectivity index (χ2n) is 10.4. The quantitative estimate of drug-likeness (QED) is 0.238. The van der Waals surface area contributed by atoms with Crippen molar-refractivity contribution < 1.29 is 27.1 Å². The third kappa shape index (κ3) is 5.40. The molecule has 2 aliphatic rings. The van der Waals surface area contributed by atoms with Crippen LogP contribution in [0.25, 0.3) is 17.2 Å². The van der Waals surface area contributed by atoms with E-state index in [1.807, 2.05) is 12.1 Å². The molecule has 0 bridgehead atoms. The fraction of sp³-hybridized carbons (Fsp3) is 0.344. The molecule has 0 amide bonds. The van der Waals surface area contributed by atoms with E-state index in [1.54, 1.807) is 12.1 Å². The molecule has 0 N–H and O–H groups in total. The van der Waals surface area contributed by atoms with Crippen molar-refractivity contribution in [2.45, 2.75) is 64.2 Å². The van der Waals surface area contributed by atoms with Crippen LogP contribution in [0.5, 0.6) is 0 Å². The molecular weight excluding hydrogens is 492 g/mol. The lowest BCUT2D eigenvalue weighted by atomic mass is 9.77. The number of halogens is 4. The highest BCUT2D eigenvalue weighted by atomic mass is 19.2. The maximum absolute atomic E-state index is 15.2. The van der Waals surface area contributed by atoms with Crippen LogP contribution >= 0.6 is 0 Å². The number of fused-ring (bicyclic) bond motifs is 1. The highest BCUT2D eigenvalue weighted by molar-refractivity contribution is 5.90. The number of ether oxygens (including phenoxy) is 1. The van der Waals surface area contributed by atoms with Gasteiger partial charge in [-0.2, -0.15) is 0 Å². The molecule has 38 heavy (non-hydrogen) atoms. The van der Waals surface area contributed by atoms with Gasteiger partial charge in [-0.25, -0.2) is 22.4 Å². The Balaban J connectivity index is 1.28. The normalized spacial score (nSPS) is 19.0. The zero-order chi connectivity index (χ0) is 26.8. The Hall–Kier alpha value is -3.41. The van der Waals surface area contributed by atoms with E-state index in [1.165, 1.54) is 50.2 Å². The number of allylic oxidation sites excluding steroid dienone is 1. The van der Waals surface area contributed by atoms with E-state index in [4.69, 9.17) is 4.74 Å². The summed E-state index contributed by atoms with van der Waals surface area (Å²) < 4.78 is 62.6. The SMILES string of the molecule is CCCC1CCC(c2ccc(C(=O)OC3=Cc4cc(F)c(-c5ccc(F)c(F)c5)c(F)c4CC3)cc2)CC1. The van der Waals surface area contributed by atoms with Crippen LogP contribution in [-0.4, -0.2) is 5.97 Å². The van der Waals surface area contributed by atoms with E-state index in [0.717, 1.165) is 30.2 Å². The van der Waals surface area contributed by atoms with Crippen molar-refractivity contribution >= 4 is 12.0 Å². The van der Waals surface area contributed by atoms with E-state index in [2.05, 4.69) is 6.92 Å². The number of hydrogen-bond acceptors (Lipinski definition) is 2. The summed E-state index contributed by atoms with van der Waals surface area (Å²) in [5, 5.41) is 0. The average molecular weight is 523 g/mol. The van der Waals surface area contributed by atoms with Gasteiger partial charge in [-0.3, -0.25) is 0 Å². The fourth-order valence-corrected chi connectivity index (χ4v) is 5.81. The summed E-state index contributed by atoms with van der Waals surface area (Å²) in [6.07, 6.45) is 9.26. The van der Waals surface area contributed by atoms with E-state index >= 15 is 4.39 Å². The predicted octanol–water partition coefficient (Wildman–Crippen LogP) is 9.13. The summed E-state index contributed by atoms with van der Waals surface area (Å²) in [6, 6.07) is 11.4. The summed E-state index contributed by atoms with van der Waals surface area (Å²) in [4.78, 5) is 12.8. The Labute approximate surface area is 220 Å². The number of hydrogen-bond donors (Lipinski definition) is 0. The molecule has 0 atom stereocenters. The zero-order valence-electron chi connectivity index (χ0n) is 21.3. The highest BCUT2D eigenvalue weighted by Crippen LogP contribution is 2.38. The first-order chi connectivity index (χ1) is 18.3. The van der Waals surface area contributed by atoms with Gasteiger partial charge in [-0.05, 0) is 103 Å². The summed E-state index contributed by atoms with van der Waals surface area (Å²) >= 11 is 0. The standard InChI is InChI=1S/C32H30F4O2/c1-2-3-19-4-6-20(7-5-19)21-8-10-22(11-9-21)32(37)38-25-13-14-26-24(16-25)18-29(35)30(31(26)36)23-12-15-27(33)28(34)17-23/h8-12,15-20H,2-7,13-14H2,1H3. The van der Waals surface area contributed by atoms with Gasteiger partial charge in [0.1, 0.15) is 17.4 Å². The molecule has 0 spiro atoms. The third-order valence-electron chi connectivity index (χ3n) is 7.89. The Morgan fingerprint density at radius 3 is 2.29 bits per heavy atom. The van der Waals surface area contributed by atoms with Crippen molar-refractivity contribution in [1.82, 2.24) is 0 Å². The molecule has 6 heteroatoms. The number of carbonyl (C=O) groups excluding carboxylic acids is 1. The summed E-state index contributed by atoms with van der Waals surface area (Å²) in [5.41, 5.74) is 1.67. The number of carbonyl (C=O) groups is 1. The van der Waals surface area contributed by atoms with Crippen LogP contribution in [0, 0.1) is 29.2 Å². The van der Waals surface area contributed by atoms with Crippen molar-refractivity contribution in [2.24, 2.45) is 5.92 Å². The van der Waals surface area contributed by atoms with Crippen molar-refractivity contribution in [3.8, 4) is 11.1 Å². The van der Waals surface area contributed by atoms with Crippen molar-refractivity contribution in [3.63, 3.8) is 0 Å². The lowest BCUT2D eigenvalue weighted by Gasteiger charge is -2.28. The molecule has 0 unspecified atom stereocenters. The van der Waals surface area contributed by atoms with E-state index in [-0.39, 0.29) is 29.5 Å². The van der Waals surface area contributed by atoms with Crippen molar-refractivity contribution in [1.29, 1.82) is 0 Å². The number of rotatable bonds is 6. The molecule has 3 aromatic carbocycles. The number of esters is 1. The topological polar surface area (TPSA) is 26.3 Å². The minimum Gasteiger partial charge on any atom is -0.427 e. The van der Waals surface area contributed by atoms with Gasteiger partial charge in [0, 0.05) is 6.42 Å². The first-order valence-electron chi connectivity index (χ1n) is 13.3. The van der Waals surface area contributed by atoms with Gasteiger partial charge in [0.15, 0.2) is 11.6 Å². The molecule has 1 saturated carbocycles. The molecule has 0 radical (unpaired) electrons. The smallest absolute Gasteiger partial charge is 0.343 e. The maximum Gasteiger partial charge on any atom is 0.343 e. The van der Waals surface area contributed by atoms with Crippen molar-refractivity contribution in [3.05, 3.63) is 99.8 Å². The van der Waals surface area contributed by atoms with Crippen molar-refractivity contribution in [2.75, 3.05) is 0 Å². The van der Waals surface area contributed by atoms with Gasteiger partial charge in [0.25, 0.3) is 0 Å². The second-order valence-corrected chi connectivity index (χ2v) is 10.4. The Morgan fingerprint density at radius 2 is 1.61 bits per heavy atom. The molecule has 2 aliphatic carbocycles. The van der Waals surface area contributed by atoms with Gasteiger partial charge in [-0.15, -0.1) is 0 Å². The second kappa shape index (κ2) is 11.1. The fourth-order valence-electron chi connectivity index (χ4n) is 5.81. The molecule has 0 aliphatic heterocycles. The van der Waals surface area contributed by atoms with Gasteiger partial charge < -0.3 is 4.74 Å². The van der Waals surface area contributed by atoms with Gasteiger partial charge in [0.2, 0.25) is 0 Å². The van der Waals surface area contributed by atoms with Crippen LogP contribution in [0.1, 0.15) is 84.8 Å². The molecule has 1 fully saturated rings. The molecular formula is C32H30F4O2. The summed E-state index contributed by atoms with van der Waals surface area (Å²) in [7, 11) is 0. The van der Waals surface area contributed by atoms with E-state index in [0.29, 0.717) is 17.2 Å². The largest absolute Gasteiger partial charge is 0.427 e. The molecule has 3 aromatic rings. The minimum atomic E-state index is -1.18. The van der Waals surface area contributed by atoms with Crippen LogP contribution in [0.4, 0.5) is 17.6 Å². The first kappa shape index (κ1) is 26.2. The third-order valence-corrected chi connectivity index (χ3v) is 7.89. The van der Waals surface area contributed by atoms with Crippen LogP contribution < -0.4 is 0 Å². The van der Waals surface area contributed by atoms with Crippen LogP contribution in [0.3, 0.4) is 0 Å². The Bertz CT molecular complexity index is 1370. The average Bonchev–Trinajstić information content (AvgIpc) is 2.91. The highest BCUT2D eigenvalue weighted by Gasteiger charge is 2.25. The molecule has 2 nitrogen and oxygen atoms in total. The monoisotopic (exact) mass is 522 g/mol. The summed E-state index contributed by atoms with van der Waals surface area (Å²) in [6.45, 7) is 2.23. The lowest BCUT2D eigenvalue weighted by molar-refractivity contribution is 0.0617.